The fourth-order valence-electron chi connectivity index (χ4n) is 1.36. The summed E-state index contributed by atoms with van der Waals surface area (Å²) < 4.78 is 26.0. The first-order valence-electron chi connectivity index (χ1n) is 4.93. The van der Waals surface area contributed by atoms with Crippen LogP contribution in [0.25, 0.3) is 0 Å². The molecule has 2 rings (SSSR count). The van der Waals surface area contributed by atoms with Crippen LogP contribution in [0, 0.1) is 11.6 Å². The molecule has 0 aliphatic rings. The molecule has 0 fully saturated rings. The van der Waals surface area contributed by atoms with Gasteiger partial charge in [0.1, 0.15) is 11.6 Å². The number of nitrogens with zero attached hydrogens (tertiary/aromatic N) is 1. The second-order valence-electron chi connectivity index (χ2n) is 3.49. The molecule has 1 aromatic heterocycles. The monoisotopic (exact) mass is 254 g/mol. The summed E-state index contributed by atoms with van der Waals surface area (Å²) in [5, 5.41) is 3.02. The molecule has 5 heteroatoms. The zero-order valence-corrected chi connectivity index (χ0v) is 9.51. The van der Waals surface area contributed by atoms with Crippen molar-refractivity contribution in [3.05, 3.63) is 58.9 Å². The Hall–Kier alpha value is -1.68. The molecule has 88 valence electrons. The molecule has 1 aromatic carbocycles. The molecule has 17 heavy (non-hydrogen) atoms. The van der Waals surface area contributed by atoms with E-state index >= 15 is 0 Å². The molecule has 0 spiro atoms. The molecular weight excluding hydrogens is 246 g/mol. The maximum absolute atomic E-state index is 13.1. The topological polar surface area (TPSA) is 24.9 Å². The zero-order chi connectivity index (χ0) is 12.3. The maximum Gasteiger partial charge on any atom is 0.143 e. The van der Waals surface area contributed by atoms with Crippen molar-refractivity contribution in [2.24, 2.45) is 0 Å². The van der Waals surface area contributed by atoms with Crippen LogP contribution in [0.2, 0.25) is 5.02 Å². The largest absolute Gasteiger partial charge is 0.380 e. The third kappa shape index (κ3) is 3.14. The summed E-state index contributed by atoms with van der Waals surface area (Å²) in [6.45, 7) is 0.374. The summed E-state index contributed by atoms with van der Waals surface area (Å²) in [5.74, 6) is -0.888. The lowest BCUT2D eigenvalue weighted by atomic mass is 10.2. The smallest absolute Gasteiger partial charge is 0.143 e. The van der Waals surface area contributed by atoms with Crippen LogP contribution in [0.1, 0.15) is 5.56 Å². The highest BCUT2D eigenvalue weighted by atomic mass is 35.5. The van der Waals surface area contributed by atoms with Crippen molar-refractivity contribution < 1.29 is 8.78 Å². The molecule has 2 nitrogen and oxygen atoms in total. The highest BCUT2D eigenvalue weighted by Gasteiger charge is 2.01. The van der Waals surface area contributed by atoms with Crippen molar-refractivity contribution in [3.63, 3.8) is 0 Å². The van der Waals surface area contributed by atoms with Gasteiger partial charge in [-0.2, -0.15) is 0 Å². The van der Waals surface area contributed by atoms with Crippen LogP contribution in [0.4, 0.5) is 14.5 Å². The standard InChI is InChI=1S/C12H9ClF2N2/c13-11-2-1-8(3-12(11)15)5-17-10-4-9(14)6-16-7-10/h1-4,6-7,17H,5H2. The Labute approximate surface area is 102 Å². The lowest BCUT2D eigenvalue weighted by molar-refractivity contribution is 0.621. The van der Waals surface area contributed by atoms with Crippen LogP contribution in [0.3, 0.4) is 0 Å². The van der Waals surface area contributed by atoms with E-state index in [9.17, 15) is 8.78 Å². The van der Waals surface area contributed by atoms with Gasteiger partial charge in [-0.3, -0.25) is 4.98 Å². The summed E-state index contributed by atoms with van der Waals surface area (Å²) in [6.07, 6.45) is 2.61. The Morgan fingerprint density at radius 2 is 2.00 bits per heavy atom. The fraction of sp³-hybridized carbons (Fsp3) is 0.0833. The van der Waals surface area contributed by atoms with Gasteiger partial charge < -0.3 is 5.32 Å². The van der Waals surface area contributed by atoms with Crippen LogP contribution < -0.4 is 5.32 Å². The van der Waals surface area contributed by atoms with Crippen LogP contribution in [0.5, 0.6) is 0 Å². The summed E-state index contributed by atoms with van der Waals surface area (Å²) in [6, 6.07) is 5.84. The van der Waals surface area contributed by atoms with Crippen LogP contribution in [-0.4, -0.2) is 4.98 Å². The fourth-order valence-corrected chi connectivity index (χ4v) is 1.48. The molecular formula is C12H9ClF2N2. The molecule has 1 heterocycles. The number of halogens is 3. The zero-order valence-electron chi connectivity index (χ0n) is 8.75. The van der Waals surface area contributed by atoms with Gasteiger partial charge in [0, 0.05) is 12.6 Å². The lowest BCUT2D eigenvalue weighted by Crippen LogP contribution is -2.00. The average Bonchev–Trinajstić information content (AvgIpc) is 2.31. The Balaban J connectivity index is 2.05. The van der Waals surface area contributed by atoms with Crippen molar-refractivity contribution in [2.75, 3.05) is 5.32 Å². The van der Waals surface area contributed by atoms with Crippen LogP contribution in [0.15, 0.2) is 36.7 Å². The first-order chi connectivity index (χ1) is 8.15. The van der Waals surface area contributed by atoms with Crippen molar-refractivity contribution >= 4 is 17.3 Å². The SMILES string of the molecule is Fc1cncc(NCc2ccc(Cl)c(F)c2)c1. The molecule has 0 aliphatic heterocycles. The van der Waals surface area contributed by atoms with Crippen molar-refractivity contribution in [1.29, 1.82) is 0 Å². The molecule has 0 saturated carbocycles. The Morgan fingerprint density at radius 1 is 1.18 bits per heavy atom. The molecule has 0 atom stereocenters. The van der Waals surface area contributed by atoms with Crippen molar-refractivity contribution in [2.45, 2.75) is 6.54 Å². The van der Waals surface area contributed by atoms with Gasteiger partial charge in [-0.25, -0.2) is 8.78 Å². The molecule has 0 amide bonds. The van der Waals surface area contributed by atoms with E-state index in [4.69, 9.17) is 11.6 Å². The average molecular weight is 255 g/mol. The number of anilines is 1. The summed E-state index contributed by atoms with van der Waals surface area (Å²) in [7, 11) is 0. The number of pyridine rings is 1. The second kappa shape index (κ2) is 5.10. The van der Waals surface area contributed by atoms with E-state index in [-0.39, 0.29) is 5.02 Å². The van der Waals surface area contributed by atoms with Gasteiger partial charge in [-0.1, -0.05) is 17.7 Å². The molecule has 0 bridgehead atoms. The van der Waals surface area contributed by atoms with Gasteiger partial charge in [0.2, 0.25) is 0 Å². The van der Waals surface area contributed by atoms with Gasteiger partial charge in [0.25, 0.3) is 0 Å². The predicted octanol–water partition coefficient (Wildman–Crippen LogP) is 3.63. The van der Waals surface area contributed by atoms with E-state index in [1.807, 2.05) is 0 Å². The number of hydrogen-bond acceptors (Lipinski definition) is 2. The van der Waals surface area contributed by atoms with E-state index in [1.54, 1.807) is 6.07 Å². The third-order valence-electron chi connectivity index (χ3n) is 2.19. The maximum atomic E-state index is 13.1. The van der Waals surface area contributed by atoms with Gasteiger partial charge in [-0.05, 0) is 17.7 Å². The molecule has 0 unspecified atom stereocenters. The Morgan fingerprint density at radius 3 is 2.71 bits per heavy atom. The number of benzene rings is 1. The molecule has 0 radical (unpaired) electrons. The minimum absolute atomic E-state index is 0.0844. The Kier molecular flexibility index (Phi) is 3.54. The number of aromatic nitrogens is 1. The minimum atomic E-state index is -0.469. The van der Waals surface area contributed by atoms with E-state index in [0.717, 1.165) is 11.8 Å². The van der Waals surface area contributed by atoms with E-state index in [1.165, 1.54) is 24.4 Å². The number of hydrogen-bond donors (Lipinski definition) is 1. The predicted molar refractivity (Wildman–Crippen MR) is 62.9 cm³/mol. The van der Waals surface area contributed by atoms with Crippen molar-refractivity contribution in [3.8, 4) is 0 Å². The van der Waals surface area contributed by atoms with Gasteiger partial charge >= 0.3 is 0 Å². The second-order valence-corrected chi connectivity index (χ2v) is 3.90. The van der Waals surface area contributed by atoms with Gasteiger partial charge in [-0.15, -0.1) is 0 Å². The number of nitrogens with one attached hydrogen (secondary N) is 1. The quantitative estimate of drug-likeness (QED) is 0.905. The highest BCUT2D eigenvalue weighted by Crippen LogP contribution is 2.16. The molecule has 2 aromatic rings. The normalized spacial score (nSPS) is 10.3. The first kappa shape index (κ1) is 11.8. The van der Waals surface area contributed by atoms with Crippen molar-refractivity contribution in [1.82, 2.24) is 4.98 Å². The van der Waals surface area contributed by atoms with Crippen LogP contribution >= 0.6 is 11.6 Å². The van der Waals surface area contributed by atoms with E-state index in [0.29, 0.717) is 12.2 Å². The lowest BCUT2D eigenvalue weighted by Gasteiger charge is -2.06. The van der Waals surface area contributed by atoms with E-state index < -0.39 is 11.6 Å². The molecule has 1 N–H and O–H groups in total. The molecule has 0 saturated heterocycles. The minimum Gasteiger partial charge on any atom is -0.380 e. The van der Waals surface area contributed by atoms with Gasteiger partial charge in [0.15, 0.2) is 0 Å². The highest BCUT2D eigenvalue weighted by molar-refractivity contribution is 6.30. The molecule has 0 aliphatic carbocycles. The summed E-state index contributed by atoms with van der Waals surface area (Å²) in [5.41, 5.74) is 1.26. The summed E-state index contributed by atoms with van der Waals surface area (Å²) in [4.78, 5) is 3.70. The van der Waals surface area contributed by atoms with Crippen LogP contribution in [-0.2, 0) is 6.54 Å². The summed E-state index contributed by atoms with van der Waals surface area (Å²) >= 11 is 5.56. The number of rotatable bonds is 3. The van der Waals surface area contributed by atoms with E-state index in [2.05, 4.69) is 10.3 Å². The third-order valence-corrected chi connectivity index (χ3v) is 2.49. The van der Waals surface area contributed by atoms with Gasteiger partial charge in [0.05, 0.1) is 23.1 Å². The first-order valence-corrected chi connectivity index (χ1v) is 5.31. The Bertz CT molecular complexity index is 532.